The summed E-state index contributed by atoms with van der Waals surface area (Å²) in [7, 11) is 3.71. The van der Waals surface area contributed by atoms with Gasteiger partial charge in [-0.25, -0.2) is 4.98 Å². The molecule has 2 heterocycles. The predicted molar refractivity (Wildman–Crippen MR) is 83.8 cm³/mol. The molecule has 0 saturated carbocycles. The van der Waals surface area contributed by atoms with E-state index < -0.39 is 0 Å². The van der Waals surface area contributed by atoms with E-state index in [4.69, 9.17) is 9.72 Å². The van der Waals surface area contributed by atoms with Crippen molar-refractivity contribution in [2.75, 3.05) is 20.3 Å². The van der Waals surface area contributed by atoms with E-state index in [9.17, 15) is 0 Å². The third kappa shape index (κ3) is 2.88. The molecule has 0 aliphatic heterocycles. The van der Waals surface area contributed by atoms with Crippen molar-refractivity contribution < 1.29 is 4.74 Å². The summed E-state index contributed by atoms with van der Waals surface area (Å²) in [5.41, 5.74) is 3.69. The standard InChI is InChI=1S/C15H22N4OS/c1-10-11(9-17-19(10)2)14(16-7-8-20-3)15-18-12-5-4-6-13(12)21-15/h9,14,16H,4-8H2,1-3H3. The summed E-state index contributed by atoms with van der Waals surface area (Å²) in [5, 5.41) is 9.10. The number of aromatic nitrogens is 3. The highest BCUT2D eigenvalue weighted by Gasteiger charge is 2.25. The zero-order valence-corrected chi connectivity index (χ0v) is 13.7. The quantitative estimate of drug-likeness (QED) is 0.829. The molecule has 0 radical (unpaired) electrons. The summed E-state index contributed by atoms with van der Waals surface area (Å²) in [6.45, 7) is 3.61. The van der Waals surface area contributed by atoms with Crippen LogP contribution >= 0.6 is 11.3 Å². The molecule has 0 fully saturated rings. The topological polar surface area (TPSA) is 52.0 Å². The molecule has 2 aromatic rings. The molecule has 3 rings (SSSR count). The largest absolute Gasteiger partial charge is 0.383 e. The Morgan fingerprint density at radius 2 is 2.33 bits per heavy atom. The number of thiazole rings is 1. The molecule has 0 amide bonds. The maximum Gasteiger partial charge on any atom is 0.115 e. The van der Waals surface area contributed by atoms with Gasteiger partial charge in [-0.15, -0.1) is 11.3 Å². The van der Waals surface area contributed by atoms with Crippen molar-refractivity contribution in [3.8, 4) is 0 Å². The SMILES string of the molecule is COCCNC(c1nc2c(s1)CCC2)c1cnn(C)c1C. The maximum atomic E-state index is 5.16. The number of aryl methyl sites for hydroxylation is 3. The molecule has 0 bridgehead atoms. The molecule has 1 atom stereocenters. The normalized spacial score (nSPS) is 15.4. The fourth-order valence-corrected chi connectivity index (χ4v) is 4.02. The van der Waals surface area contributed by atoms with Crippen LogP contribution in [0.2, 0.25) is 0 Å². The fraction of sp³-hybridized carbons (Fsp3) is 0.600. The Balaban J connectivity index is 1.89. The Morgan fingerprint density at radius 3 is 3.00 bits per heavy atom. The van der Waals surface area contributed by atoms with Crippen molar-refractivity contribution in [3.05, 3.63) is 33.0 Å². The number of hydrogen-bond acceptors (Lipinski definition) is 5. The van der Waals surface area contributed by atoms with Crippen LogP contribution < -0.4 is 5.32 Å². The number of ether oxygens (including phenoxy) is 1. The van der Waals surface area contributed by atoms with E-state index in [1.54, 1.807) is 7.11 Å². The summed E-state index contributed by atoms with van der Waals surface area (Å²) in [6, 6.07) is 0.115. The first kappa shape index (κ1) is 14.7. The zero-order chi connectivity index (χ0) is 14.8. The molecular weight excluding hydrogens is 284 g/mol. The molecule has 114 valence electrons. The lowest BCUT2D eigenvalue weighted by Crippen LogP contribution is -2.26. The summed E-state index contributed by atoms with van der Waals surface area (Å²) >= 11 is 1.85. The van der Waals surface area contributed by atoms with E-state index in [0.29, 0.717) is 6.61 Å². The molecule has 0 spiro atoms. The fourth-order valence-electron chi connectivity index (χ4n) is 2.77. The van der Waals surface area contributed by atoms with E-state index in [2.05, 4.69) is 17.3 Å². The number of fused-ring (bicyclic) bond motifs is 1. The highest BCUT2D eigenvalue weighted by atomic mass is 32.1. The maximum absolute atomic E-state index is 5.16. The van der Waals surface area contributed by atoms with Gasteiger partial charge >= 0.3 is 0 Å². The Hall–Kier alpha value is -1.24. The van der Waals surface area contributed by atoms with E-state index in [1.807, 2.05) is 29.3 Å². The van der Waals surface area contributed by atoms with Crippen molar-refractivity contribution >= 4 is 11.3 Å². The number of rotatable bonds is 6. The van der Waals surface area contributed by atoms with Gasteiger partial charge in [-0.1, -0.05) is 0 Å². The predicted octanol–water partition coefficient (Wildman–Crippen LogP) is 2.00. The summed E-state index contributed by atoms with van der Waals surface area (Å²) in [5.74, 6) is 0. The van der Waals surface area contributed by atoms with Crippen molar-refractivity contribution in [2.24, 2.45) is 7.05 Å². The zero-order valence-electron chi connectivity index (χ0n) is 12.8. The third-order valence-corrected chi connectivity index (χ3v) is 5.32. The average molecular weight is 306 g/mol. The second kappa shape index (κ2) is 6.25. The molecule has 0 aromatic carbocycles. The van der Waals surface area contributed by atoms with Crippen LogP contribution in [-0.2, 0) is 24.6 Å². The van der Waals surface area contributed by atoms with Crippen molar-refractivity contribution in [3.63, 3.8) is 0 Å². The summed E-state index contributed by atoms with van der Waals surface area (Å²) in [6.07, 6.45) is 5.51. The van der Waals surface area contributed by atoms with Crippen LogP contribution in [0.5, 0.6) is 0 Å². The van der Waals surface area contributed by atoms with Gasteiger partial charge < -0.3 is 10.1 Å². The van der Waals surface area contributed by atoms with Gasteiger partial charge in [0.05, 0.1) is 24.5 Å². The van der Waals surface area contributed by atoms with Gasteiger partial charge in [0.15, 0.2) is 0 Å². The van der Waals surface area contributed by atoms with Gasteiger partial charge in [0.2, 0.25) is 0 Å². The Kier molecular flexibility index (Phi) is 4.37. The molecular formula is C15H22N4OS. The van der Waals surface area contributed by atoms with Gasteiger partial charge in [0.1, 0.15) is 5.01 Å². The van der Waals surface area contributed by atoms with E-state index >= 15 is 0 Å². The second-order valence-corrected chi connectivity index (χ2v) is 6.58. The molecule has 1 unspecified atom stereocenters. The molecule has 2 aromatic heterocycles. The van der Waals surface area contributed by atoms with Crippen LogP contribution in [0.25, 0.3) is 0 Å². The van der Waals surface area contributed by atoms with Crippen LogP contribution in [0.4, 0.5) is 0 Å². The molecule has 21 heavy (non-hydrogen) atoms. The number of hydrogen-bond donors (Lipinski definition) is 1. The van der Waals surface area contributed by atoms with Gasteiger partial charge in [-0.05, 0) is 26.2 Å². The average Bonchev–Trinajstić information content (AvgIpc) is 3.13. The highest BCUT2D eigenvalue weighted by Crippen LogP contribution is 2.33. The Labute approximate surface area is 129 Å². The highest BCUT2D eigenvalue weighted by molar-refractivity contribution is 7.11. The lowest BCUT2D eigenvalue weighted by atomic mass is 10.1. The summed E-state index contributed by atoms with van der Waals surface area (Å²) in [4.78, 5) is 6.34. The monoisotopic (exact) mass is 306 g/mol. The van der Waals surface area contributed by atoms with Crippen LogP contribution in [0.15, 0.2) is 6.20 Å². The molecule has 1 N–H and O–H groups in total. The molecule has 5 nitrogen and oxygen atoms in total. The Bertz CT molecular complexity index is 598. The van der Waals surface area contributed by atoms with Crippen LogP contribution in [0.3, 0.4) is 0 Å². The minimum atomic E-state index is 0.115. The van der Waals surface area contributed by atoms with Gasteiger partial charge in [0.25, 0.3) is 0 Å². The first-order valence-corrected chi connectivity index (χ1v) is 8.21. The van der Waals surface area contributed by atoms with Crippen molar-refractivity contribution in [1.82, 2.24) is 20.1 Å². The molecule has 1 aliphatic rings. The molecule has 1 aliphatic carbocycles. The van der Waals surface area contributed by atoms with Gasteiger partial charge in [-0.2, -0.15) is 5.10 Å². The van der Waals surface area contributed by atoms with Crippen LogP contribution in [0.1, 0.15) is 39.3 Å². The number of nitrogens with one attached hydrogen (secondary N) is 1. The number of methoxy groups -OCH3 is 1. The summed E-state index contributed by atoms with van der Waals surface area (Å²) < 4.78 is 7.08. The minimum absolute atomic E-state index is 0.115. The van der Waals surface area contributed by atoms with Crippen molar-refractivity contribution in [1.29, 1.82) is 0 Å². The second-order valence-electron chi connectivity index (χ2n) is 5.46. The van der Waals surface area contributed by atoms with Gasteiger partial charge in [0, 0.05) is 36.8 Å². The minimum Gasteiger partial charge on any atom is -0.383 e. The van der Waals surface area contributed by atoms with Crippen LogP contribution in [-0.4, -0.2) is 35.0 Å². The van der Waals surface area contributed by atoms with Crippen molar-refractivity contribution in [2.45, 2.75) is 32.2 Å². The lowest BCUT2D eigenvalue weighted by Gasteiger charge is -2.16. The first-order chi connectivity index (χ1) is 10.2. The van der Waals surface area contributed by atoms with Crippen LogP contribution in [0, 0.1) is 6.92 Å². The Morgan fingerprint density at radius 1 is 1.48 bits per heavy atom. The molecule has 6 heteroatoms. The number of nitrogens with zero attached hydrogens (tertiary/aromatic N) is 3. The van der Waals surface area contributed by atoms with E-state index in [-0.39, 0.29) is 6.04 Å². The smallest absolute Gasteiger partial charge is 0.115 e. The first-order valence-electron chi connectivity index (χ1n) is 7.40. The van der Waals surface area contributed by atoms with Gasteiger partial charge in [-0.3, -0.25) is 4.68 Å². The van der Waals surface area contributed by atoms with E-state index in [1.165, 1.54) is 34.7 Å². The molecule has 0 saturated heterocycles. The lowest BCUT2D eigenvalue weighted by molar-refractivity contribution is 0.197. The third-order valence-electron chi connectivity index (χ3n) is 4.10. The van der Waals surface area contributed by atoms with E-state index in [0.717, 1.165) is 18.0 Å².